The number of amides is 1. The Kier molecular flexibility index (Phi) is 4.59. The molecule has 3 heterocycles. The number of ether oxygens (including phenoxy) is 2. The van der Waals surface area contributed by atoms with Crippen LogP contribution < -0.4 is 0 Å². The Bertz CT molecular complexity index is 703. The summed E-state index contributed by atoms with van der Waals surface area (Å²) >= 11 is 0. The predicted molar refractivity (Wildman–Crippen MR) is 86.4 cm³/mol. The van der Waals surface area contributed by atoms with Crippen LogP contribution in [0.5, 0.6) is 0 Å². The van der Waals surface area contributed by atoms with Gasteiger partial charge < -0.3 is 14.4 Å². The second-order valence-electron chi connectivity index (χ2n) is 5.70. The van der Waals surface area contributed by atoms with Gasteiger partial charge in [0.1, 0.15) is 30.0 Å². The van der Waals surface area contributed by atoms with Crippen molar-refractivity contribution in [3.8, 4) is 0 Å². The molecule has 24 heavy (non-hydrogen) atoms. The Morgan fingerprint density at radius 3 is 3.04 bits per heavy atom. The number of hydrogen-bond donors (Lipinski definition) is 0. The van der Waals surface area contributed by atoms with Crippen LogP contribution >= 0.6 is 0 Å². The lowest BCUT2D eigenvalue weighted by molar-refractivity contribution is -0.133. The lowest BCUT2D eigenvalue weighted by atomic mass is 9.84. The minimum atomic E-state index is -0.946. The molecule has 0 aliphatic carbocycles. The summed E-state index contributed by atoms with van der Waals surface area (Å²) in [6.45, 7) is 8.03. The number of pyridine rings is 1. The maximum absolute atomic E-state index is 14.2. The number of carbonyl (C=O) groups excluding carboxylic acids is 1. The van der Waals surface area contributed by atoms with E-state index in [-0.39, 0.29) is 18.4 Å². The van der Waals surface area contributed by atoms with Gasteiger partial charge >= 0.3 is 0 Å². The maximum Gasteiger partial charge on any atom is 0.253 e. The molecule has 2 aliphatic heterocycles. The van der Waals surface area contributed by atoms with Crippen molar-refractivity contribution in [2.24, 2.45) is 0 Å². The minimum Gasteiger partial charge on any atom is -0.347 e. The Labute approximate surface area is 140 Å². The SMILES string of the molecule is C=CC=C(C=C)C(=O)N1CCC2(c3ncccc3F)OCOC2C1. The first-order valence-corrected chi connectivity index (χ1v) is 7.73. The summed E-state index contributed by atoms with van der Waals surface area (Å²) in [4.78, 5) is 18.4. The molecule has 1 amide bonds. The van der Waals surface area contributed by atoms with Crippen LogP contribution in [-0.2, 0) is 19.9 Å². The van der Waals surface area contributed by atoms with Gasteiger partial charge in [-0.1, -0.05) is 31.4 Å². The number of hydrogen-bond acceptors (Lipinski definition) is 4. The zero-order valence-electron chi connectivity index (χ0n) is 13.3. The van der Waals surface area contributed by atoms with Gasteiger partial charge in [-0.2, -0.15) is 0 Å². The molecule has 6 heteroatoms. The van der Waals surface area contributed by atoms with Crippen LogP contribution in [0.2, 0.25) is 0 Å². The van der Waals surface area contributed by atoms with Gasteiger partial charge in [0.05, 0.1) is 6.54 Å². The Morgan fingerprint density at radius 2 is 2.33 bits per heavy atom. The number of halogens is 1. The molecule has 2 saturated heterocycles. The summed E-state index contributed by atoms with van der Waals surface area (Å²) in [5, 5.41) is 0. The standard InChI is InChI=1S/C18H19FN2O3/c1-3-6-13(4-2)17(22)21-10-8-18(15(11-21)23-12-24-18)16-14(19)7-5-9-20-16/h3-7,9,15H,1-2,8,10-12H2. The molecule has 0 radical (unpaired) electrons. The highest BCUT2D eigenvalue weighted by molar-refractivity contribution is 5.96. The fourth-order valence-electron chi connectivity index (χ4n) is 3.23. The van der Waals surface area contributed by atoms with Gasteiger partial charge in [0.15, 0.2) is 0 Å². The summed E-state index contributed by atoms with van der Waals surface area (Å²) in [5.41, 5.74) is -0.246. The van der Waals surface area contributed by atoms with Crippen molar-refractivity contribution >= 4 is 5.91 Å². The Hall–Kier alpha value is -2.31. The number of likely N-dealkylation sites (tertiary alicyclic amines) is 1. The molecule has 3 rings (SSSR count). The average molecular weight is 330 g/mol. The van der Waals surface area contributed by atoms with E-state index in [1.165, 1.54) is 24.4 Å². The van der Waals surface area contributed by atoms with Crippen LogP contribution in [0.25, 0.3) is 0 Å². The molecule has 2 aliphatic rings. The van der Waals surface area contributed by atoms with E-state index in [0.717, 1.165) is 0 Å². The first-order valence-electron chi connectivity index (χ1n) is 7.73. The van der Waals surface area contributed by atoms with Crippen molar-refractivity contribution in [1.82, 2.24) is 9.88 Å². The summed E-state index contributed by atoms with van der Waals surface area (Å²) in [7, 11) is 0. The van der Waals surface area contributed by atoms with E-state index in [9.17, 15) is 9.18 Å². The first kappa shape index (κ1) is 16.5. The zero-order valence-corrected chi connectivity index (χ0v) is 13.3. The van der Waals surface area contributed by atoms with Gasteiger partial charge in [-0.15, -0.1) is 0 Å². The molecule has 0 saturated carbocycles. The topological polar surface area (TPSA) is 51.7 Å². The van der Waals surface area contributed by atoms with E-state index < -0.39 is 17.5 Å². The predicted octanol–water partition coefficient (Wildman–Crippen LogP) is 2.32. The summed E-state index contributed by atoms with van der Waals surface area (Å²) in [5.74, 6) is -0.582. The third kappa shape index (κ3) is 2.68. The molecular weight excluding hydrogens is 311 g/mol. The molecule has 0 bridgehead atoms. The first-order chi connectivity index (χ1) is 11.6. The molecule has 1 aromatic rings. The third-order valence-electron chi connectivity index (χ3n) is 4.46. The van der Waals surface area contributed by atoms with Gasteiger partial charge in [0.25, 0.3) is 5.91 Å². The van der Waals surface area contributed by atoms with Crippen LogP contribution in [0.1, 0.15) is 12.1 Å². The summed E-state index contributed by atoms with van der Waals surface area (Å²) in [6, 6.07) is 2.89. The largest absolute Gasteiger partial charge is 0.347 e. The quantitative estimate of drug-likeness (QED) is 0.628. The van der Waals surface area contributed by atoms with Crippen molar-refractivity contribution in [2.45, 2.75) is 18.1 Å². The van der Waals surface area contributed by atoms with Gasteiger partial charge in [0.2, 0.25) is 0 Å². The molecule has 0 spiro atoms. The monoisotopic (exact) mass is 330 g/mol. The maximum atomic E-state index is 14.2. The van der Waals surface area contributed by atoms with Crippen molar-refractivity contribution in [1.29, 1.82) is 0 Å². The number of carbonyl (C=O) groups is 1. The second kappa shape index (κ2) is 6.67. The van der Waals surface area contributed by atoms with Gasteiger partial charge in [-0.05, 0) is 12.1 Å². The van der Waals surface area contributed by atoms with Crippen LogP contribution in [0.4, 0.5) is 4.39 Å². The second-order valence-corrected chi connectivity index (χ2v) is 5.70. The number of aromatic nitrogens is 1. The van der Waals surface area contributed by atoms with Gasteiger partial charge in [-0.3, -0.25) is 9.78 Å². The molecule has 5 nitrogen and oxygen atoms in total. The van der Waals surface area contributed by atoms with Crippen LogP contribution in [-0.4, -0.2) is 41.8 Å². The normalized spacial score (nSPS) is 26.8. The molecular formula is C18H19FN2O3. The highest BCUT2D eigenvalue weighted by atomic mass is 19.1. The highest BCUT2D eigenvalue weighted by Gasteiger charge is 2.53. The molecule has 0 N–H and O–H groups in total. The molecule has 2 fully saturated rings. The van der Waals surface area contributed by atoms with E-state index in [4.69, 9.17) is 9.47 Å². The van der Waals surface area contributed by atoms with Crippen molar-refractivity contribution < 1.29 is 18.7 Å². The number of fused-ring (bicyclic) bond motifs is 1. The number of piperidine rings is 1. The molecule has 126 valence electrons. The number of rotatable bonds is 4. The number of allylic oxidation sites excluding steroid dienone is 2. The third-order valence-corrected chi connectivity index (χ3v) is 4.46. The Morgan fingerprint density at radius 1 is 1.50 bits per heavy atom. The molecule has 1 aromatic heterocycles. The van der Waals surface area contributed by atoms with Crippen molar-refractivity contribution in [2.75, 3.05) is 19.9 Å². The van der Waals surface area contributed by atoms with Crippen molar-refractivity contribution in [3.63, 3.8) is 0 Å². The van der Waals surface area contributed by atoms with E-state index in [1.54, 1.807) is 17.1 Å². The Balaban J connectivity index is 1.86. The van der Waals surface area contributed by atoms with Gasteiger partial charge in [-0.25, -0.2) is 4.39 Å². The van der Waals surface area contributed by atoms with E-state index in [2.05, 4.69) is 18.1 Å². The van der Waals surface area contributed by atoms with Crippen LogP contribution in [0.15, 0.2) is 55.3 Å². The molecule has 0 aromatic carbocycles. The van der Waals surface area contributed by atoms with E-state index in [1.807, 2.05) is 0 Å². The zero-order chi connectivity index (χ0) is 17.2. The lowest BCUT2D eigenvalue weighted by Crippen LogP contribution is -2.54. The smallest absolute Gasteiger partial charge is 0.253 e. The summed E-state index contributed by atoms with van der Waals surface area (Å²) < 4.78 is 25.6. The molecule has 2 unspecified atom stereocenters. The van der Waals surface area contributed by atoms with E-state index >= 15 is 0 Å². The average Bonchev–Trinajstić information content (AvgIpc) is 3.03. The minimum absolute atomic E-state index is 0.0551. The summed E-state index contributed by atoms with van der Waals surface area (Å²) in [6.07, 6.45) is 6.14. The van der Waals surface area contributed by atoms with E-state index in [0.29, 0.717) is 25.1 Å². The van der Waals surface area contributed by atoms with Crippen LogP contribution in [0.3, 0.4) is 0 Å². The highest BCUT2D eigenvalue weighted by Crippen LogP contribution is 2.42. The van der Waals surface area contributed by atoms with Gasteiger partial charge in [0, 0.05) is 24.7 Å². The fourth-order valence-corrected chi connectivity index (χ4v) is 3.23. The molecule has 2 atom stereocenters. The van der Waals surface area contributed by atoms with Crippen molar-refractivity contribution in [3.05, 3.63) is 66.8 Å². The van der Waals surface area contributed by atoms with Crippen LogP contribution in [0, 0.1) is 5.82 Å². The fraction of sp³-hybridized carbons (Fsp3) is 0.333. The lowest BCUT2D eigenvalue weighted by Gasteiger charge is -2.41. The number of nitrogens with zero attached hydrogens (tertiary/aromatic N) is 2.